The molecule has 0 saturated carbocycles. The van der Waals surface area contributed by atoms with Gasteiger partial charge in [-0.1, -0.05) is 18.5 Å². The van der Waals surface area contributed by atoms with Crippen molar-refractivity contribution in [1.82, 2.24) is 0 Å². The number of nitrogens with two attached hydrogens (primary N) is 1. The second-order valence-electron chi connectivity index (χ2n) is 3.84. The number of non-ortho nitro benzene ring substituents is 1. The van der Waals surface area contributed by atoms with Gasteiger partial charge in [0.05, 0.1) is 15.6 Å². The fraction of sp³-hybridized carbons (Fsp3) is 0.364. The van der Waals surface area contributed by atoms with Crippen LogP contribution in [0.5, 0.6) is 0 Å². The third-order valence-electron chi connectivity index (χ3n) is 2.41. The van der Waals surface area contributed by atoms with E-state index in [4.69, 9.17) is 17.3 Å². The van der Waals surface area contributed by atoms with Crippen molar-refractivity contribution in [3.63, 3.8) is 0 Å². The zero-order valence-electron chi connectivity index (χ0n) is 9.85. The van der Waals surface area contributed by atoms with Crippen molar-refractivity contribution in [2.45, 2.75) is 25.8 Å². The summed E-state index contributed by atoms with van der Waals surface area (Å²) in [5.41, 5.74) is 5.73. The van der Waals surface area contributed by atoms with Crippen LogP contribution in [0.15, 0.2) is 18.2 Å². The van der Waals surface area contributed by atoms with E-state index in [1.165, 1.54) is 18.2 Å². The lowest BCUT2D eigenvalue weighted by atomic mass is 10.1. The Balaban J connectivity index is 2.80. The molecule has 98 valence electrons. The first-order valence-corrected chi connectivity index (χ1v) is 5.81. The Morgan fingerprint density at radius 2 is 2.28 bits per heavy atom. The van der Waals surface area contributed by atoms with Gasteiger partial charge in [0.2, 0.25) is 5.91 Å². The molecule has 0 aliphatic heterocycles. The zero-order chi connectivity index (χ0) is 13.7. The molecule has 0 radical (unpaired) electrons. The molecular weight excluding hydrogens is 258 g/mol. The molecule has 1 rings (SSSR count). The van der Waals surface area contributed by atoms with Gasteiger partial charge in [-0.25, -0.2) is 0 Å². The van der Waals surface area contributed by atoms with Gasteiger partial charge in [-0.15, -0.1) is 0 Å². The molecular formula is C11H14ClN3O3. The molecule has 0 fully saturated rings. The number of carbonyl (C=O) groups excluding carboxylic acids is 1. The standard InChI is InChI=1S/C11H14ClN3O3/c1-2-7(13)5-11(16)14-10-6-8(15(17)18)3-4-9(10)12/h3-4,6-7H,2,5,13H2,1H3,(H,14,16). The van der Waals surface area contributed by atoms with Gasteiger partial charge >= 0.3 is 0 Å². The van der Waals surface area contributed by atoms with E-state index in [9.17, 15) is 14.9 Å². The van der Waals surface area contributed by atoms with Crippen LogP contribution < -0.4 is 11.1 Å². The molecule has 1 aromatic rings. The van der Waals surface area contributed by atoms with Gasteiger partial charge in [0.1, 0.15) is 0 Å². The summed E-state index contributed by atoms with van der Waals surface area (Å²) in [6.45, 7) is 1.87. The van der Waals surface area contributed by atoms with Gasteiger partial charge < -0.3 is 11.1 Å². The van der Waals surface area contributed by atoms with Crippen LogP contribution in [0.1, 0.15) is 19.8 Å². The maximum absolute atomic E-state index is 11.6. The number of anilines is 1. The highest BCUT2D eigenvalue weighted by atomic mass is 35.5. The minimum Gasteiger partial charge on any atom is -0.327 e. The lowest BCUT2D eigenvalue weighted by Gasteiger charge is -2.10. The van der Waals surface area contributed by atoms with Gasteiger partial charge in [0.15, 0.2) is 0 Å². The number of halogens is 1. The predicted molar refractivity (Wildman–Crippen MR) is 69.6 cm³/mol. The van der Waals surface area contributed by atoms with Crippen LogP contribution in [0, 0.1) is 10.1 Å². The Kier molecular flexibility index (Phi) is 5.06. The van der Waals surface area contributed by atoms with Gasteiger partial charge in [0.25, 0.3) is 5.69 Å². The fourth-order valence-corrected chi connectivity index (χ4v) is 1.47. The minimum atomic E-state index is -0.552. The molecule has 0 aliphatic rings. The molecule has 0 bridgehead atoms. The lowest BCUT2D eigenvalue weighted by molar-refractivity contribution is -0.384. The number of nitrogens with zero attached hydrogens (tertiary/aromatic N) is 1. The van der Waals surface area contributed by atoms with Crippen LogP contribution in [-0.4, -0.2) is 16.9 Å². The predicted octanol–water partition coefficient (Wildman–Crippen LogP) is 2.31. The van der Waals surface area contributed by atoms with Crippen LogP contribution >= 0.6 is 11.6 Å². The van der Waals surface area contributed by atoms with Crippen LogP contribution in [0.4, 0.5) is 11.4 Å². The number of carbonyl (C=O) groups is 1. The molecule has 0 heterocycles. The first-order chi connectivity index (χ1) is 8.43. The third kappa shape index (κ3) is 3.97. The summed E-state index contributed by atoms with van der Waals surface area (Å²) in [5.74, 6) is -0.313. The molecule has 1 amide bonds. The van der Waals surface area contributed by atoms with E-state index in [2.05, 4.69) is 5.32 Å². The first-order valence-electron chi connectivity index (χ1n) is 5.43. The molecule has 1 atom stereocenters. The largest absolute Gasteiger partial charge is 0.327 e. The van der Waals surface area contributed by atoms with Crippen molar-refractivity contribution >= 4 is 28.9 Å². The number of hydrogen-bond acceptors (Lipinski definition) is 4. The molecule has 7 heteroatoms. The van der Waals surface area contributed by atoms with Crippen LogP contribution in [0.3, 0.4) is 0 Å². The average molecular weight is 272 g/mol. The molecule has 1 aromatic carbocycles. The number of nitrogens with one attached hydrogen (secondary N) is 1. The number of nitro benzene ring substituents is 1. The Morgan fingerprint density at radius 1 is 1.61 bits per heavy atom. The molecule has 3 N–H and O–H groups in total. The van der Waals surface area contributed by atoms with Gasteiger partial charge in [-0.2, -0.15) is 0 Å². The van der Waals surface area contributed by atoms with Crippen molar-refractivity contribution in [1.29, 1.82) is 0 Å². The lowest BCUT2D eigenvalue weighted by Crippen LogP contribution is -2.26. The fourth-order valence-electron chi connectivity index (χ4n) is 1.31. The van der Waals surface area contributed by atoms with E-state index in [-0.39, 0.29) is 34.8 Å². The topological polar surface area (TPSA) is 98.3 Å². The van der Waals surface area contributed by atoms with Gasteiger partial charge in [0, 0.05) is 24.6 Å². The second kappa shape index (κ2) is 6.32. The SMILES string of the molecule is CCC(N)CC(=O)Nc1cc([N+](=O)[O-])ccc1Cl. The van der Waals surface area contributed by atoms with E-state index in [1.54, 1.807) is 0 Å². The van der Waals surface area contributed by atoms with Crippen LogP contribution in [-0.2, 0) is 4.79 Å². The van der Waals surface area contributed by atoms with Crippen molar-refractivity contribution in [3.05, 3.63) is 33.3 Å². The third-order valence-corrected chi connectivity index (χ3v) is 2.74. The molecule has 0 saturated heterocycles. The maximum Gasteiger partial charge on any atom is 0.271 e. The molecule has 0 spiro atoms. The summed E-state index contributed by atoms with van der Waals surface area (Å²) in [4.78, 5) is 21.6. The monoisotopic (exact) mass is 271 g/mol. The Labute approximate surface area is 109 Å². The number of rotatable bonds is 5. The average Bonchev–Trinajstić information content (AvgIpc) is 2.31. The molecule has 18 heavy (non-hydrogen) atoms. The van der Waals surface area contributed by atoms with Crippen molar-refractivity contribution in [2.24, 2.45) is 5.73 Å². The van der Waals surface area contributed by atoms with Crippen molar-refractivity contribution in [2.75, 3.05) is 5.32 Å². The molecule has 1 unspecified atom stereocenters. The quantitative estimate of drug-likeness (QED) is 0.634. The molecule has 0 aliphatic carbocycles. The second-order valence-corrected chi connectivity index (χ2v) is 4.25. The van der Waals surface area contributed by atoms with E-state index in [0.29, 0.717) is 6.42 Å². The van der Waals surface area contributed by atoms with Gasteiger partial charge in [-0.05, 0) is 12.5 Å². The van der Waals surface area contributed by atoms with Gasteiger partial charge in [-0.3, -0.25) is 14.9 Å². The van der Waals surface area contributed by atoms with Crippen LogP contribution in [0.2, 0.25) is 5.02 Å². The summed E-state index contributed by atoms with van der Waals surface area (Å²) in [6, 6.07) is 3.63. The summed E-state index contributed by atoms with van der Waals surface area (Å²) >= 11 is 5.85. The molecule has 0 aromatic heterocycles. The van der Waals surface area contributed by atoms with E-state index >= 15 is 0 Å². The highest BCUT2D eigenvalue weighted by Crippen LogP contribution is 2.26. The number of benzene rings is 1. The van der Waals surface area contributed by atoms with Crippen LogP contribution in [0.25, 0.3) is 0 Å². The Hall–Kier alpha value is -1.66. The van der Waals surface area contributed by atoms with E-state index < -0.39 is 4.92 Å². The van der Waals surface area contributed by atoms with E-state index in [1.807, 2.05) is 6.92 Å². The highest BCUT2D eigenvalue weighted by molar-refractivity contribution is 6.33. The highest BCUT2D eigenvalue weighted by Gasteiger charge is 2.13. The number of amides is 1. The summed E-state index contributed by atoms with van der Waals surface area (Å²) in [5, 5.41) is 13.4. The summed E-state index contributed by atoms with van der Waals surface area (Å²) < 4.78 is 0. The first kappa shape index (κ1) is 14.4. The van der Waals surface area contributed by atoms with E-state index in [0.717, 1.165) is 0 Å². The summed E-state index contributed by atoms with van der Waals surface area (Å²) in [6.07, 6.45) is 0.825. The van der Waals surface area contributed by atoms with Crippen molar-refractivity contribution in [3.8, 4) is 0 Å². The summed E-state index contributed by atoms with van der Waals surface area (Å²) in [7, 11) is 0. The maximum atomic E-state index is 11.6. The smallest absolute Gasteiger partial charge is 0.271 e. The Morgan fingerprint density at radius 3 is 2.83 bits per heavy atom. The zero-order valence-corrected chi connectivity index (χ0v) is 10.6. The normalized spacial score (nSPS) is 11.9. The molecule has 6 nitrogen and oxygen atoms in total. The Bertz CT molecular complexity index is 465. The number of hydrogen-bond donors (Lipinski definition) is 2. The number of nitro groups is 1. The van der Waals surface area contributed by atoms with Crippen molar-refractivity contribution < 1.29 is 9.72 Å². The minimum absolute atomic E-state index is 0.130.